The summed E-state index contributed by atoms with van der Waals surface area (Å²) in [5.74, 6) is -0.601. The first kappa shape index (κ1) is 17.9. The number of methoxy groups -OCH3 is 1. The van der Waals surface area contributed by atoms with Crippen molar-refractivity contribution in [1.29, 1.82) is 0 Å². The van der Waals surface area contributed by atoms with Crippen molar-refractivity contribution in [3.8, 4) is 5.75 Å². The minimum Gasteiger partial charge on any atom is -0.497 e. The minimum absolute atomic E-state index is 0.00627. The van der Waals surface area contributed by atoms with Crippen LogP contribution < -0.4 is 10.1 Å². The number of carbonyl (C=O) groups is 2. The lowest BCUT2D eigenvalue weighted by Gasteiger charge is -2.07. The molecule has 8 heteroatoms. The van der Waals surface area contributed by atoms with Crippen LogP contribution in [0.2, 0.25) is 0 Å². The van der Waals surface area contributed by atoms with Gasteiger partial charge in [-0.15, -0.1) is 0 Å². The van der Waals surface area contributed by atoms with Gasteiger partial charge in [-0.3, -0.25) is 14.9 Å². The summed E-state index contributed by atoms with van der Waals surface area (Å²) in [5, 5.41) is 13.7. The lowest BCUT2D eigenvalue weighted by Crippen LogP contribution is -2.14. The molecule has 0 unspecified atom stereocenters. The molecule has 0 aliphatic heterocycles. The van der Waals surface area contributed by atoms with E-state index in [-0.39, 0.29) is 16.9 Å². The van der Waals surface area contributed by atoms with E-state index in [1.165, 1.54) is 26.3 Å². The average Bonchev–Trinajstić information content (AvgIpc) is 2.65. The summed E-state index contributed by atoms with van der Waals surface area (Å²) in [6.45, 7) is -0.466. The van der Waals surface area contributed by atoms with Crippen molar-refractivity contribution in [2.45, 2.75) is 0 Å². The summed E-state index contributed by atoms with van der Waals surface area (Å²) in [6.07, 6.45) is 0. The molecule has 0 atom stereocenters. The zero-order valence-electron chi connectivity index (χ0n) is 13.6. The van der Waals surface area contributed by atoms with Crippen molar-refractivity contribution < 1.29 is 24.0 Å². The minimum atomic E-state index is -0.812. The highest BCUT2D eigenvalue weighted by Gasteiger charge is 2.18. The Balaban J connectivity index is 2.05. The van der Waals surface area contributed by atoms with Crippen molar-refractivity contribution in [3.63, 3.8) is 0 Å². The normalized spacial score (nSPS) is 10.0. The highest BCUT2D eigenvalue weighted by Crippen LogP contribution is 2.25. The van der Waals surface area contributed by atoms with E-state index in [0.29, 0.717) is 11.3 Å². The summed E-state index contributed by atoms with van der Waals surface area (Å²) in [6, 6.07) is 10.2. The fourth-order valence-electron chi connectivity index (χ4n) is 2.10. The van der Waals surface area contributed by atoms with Crippen molar-refractivity contribution in [3.05, 3.63) is 63.7 Å². The van der Waals surface area contributed by atoms with E-state index in [9.17, 15) is 19.7 Å². The van der Waals surface area contributed by atoms with E-state index in [1.807, 2.05) is 0 Å². The molecule has 0 aliphatic carbocycles. The number of ether oxygens (including phenoxy) is 2. The van der Waals surface area contributed by atoms with Crippen molar-refractivity contribution in [2.75, 3.05) is 26.1 Å². The molecule has 2 aromatic carbocycles. The molecule has 25 heavy (non-hydrogen) atoms. The van der Waals surface area contributed by atoms with E-state index in [1.54, 1.807) is 24.3 Å². The molecule has 0 fully saturated rings. The van der Waals surface area contributed by atoms with Crippen molar-refractivity contribution in [2.24, 2.45) is 0 Å². The first-order valence-corrected chi connectivity index (χ1v) is 7.27. The fraction of sp³-hybridized carbons (Fsp3) is 0.176. The number of nitro groups is 1. The van der Waals surface area contributed by atoms with Crippen LogP contribution >= 0.6 is 0 Å². The number of rotatable bonds is 7. The van der Waals surface area contributed by atoms with Crippen LogP contribution in [0.15, 0.2) is 42.5 Å². The van der Waals surface area contributed by atoms with Gasteiger partial charge in [0.05, 0.1) is 17.6 Å². The molecule has 0 saturated carbocycles. The van der Waals surface area contributed by atoms with E-state index >= 15 is 0 Å². The van der Waals surface area contributed by atoms with Crippen LogP contribution in [-0.2, 0) is 4.74 Å². The van der Waals surface area contributed by atoms with Gasteiger partial charge in [0.2, 0.25) is 0 Å². The third kappa shape index (κ3) is 4.31. The Hall–Kier alpha value is -3.42. The molecule has 2 aromatic rings. The molecule has 1 N–H and O–H groups in total. The Morgan fingerprint density at radius 2 is 1.76 bits per heavy atom. The van der Waals surface area contributed by atoms with E-state index in [4.69, 9.17) is 9.47 Å². The van der Waals surface area contributed by atoms with Crippen LogP contribution in [0.3, 0.4) is 0 Å². The predicted octanol–water partition coefficient (Wildman–Crippen LogP) is 2.68. The zero-order chi connectivity index (χ0) is 18.4. The monoisotopic (exact) mass is 344 g/mol. The summed E-state index contributed by atoms with van der Waals surface area (Å²) in [4.78, 5) is 34.4. The molecule has 8 nitrogen and oxygen atoms in total. The van der Waals surface area contributed by atoms with E-state index in [2.05, 4.69) is 5.32 Å². The van der Waals surface area contributed by atoms with Crippen molar-refractivity contribution >= 4 is 23.1 Å². The van der Waals surface area contributed by atoms with Crippen LogP contribution in [0, 0.1) is 10.1 Å². The van der Waals surface area contributed by atoms with Gasteiger partial charge in [-0.2, -0.15) is 0 Å². The van der Waals surface area contributed by atoms with Gasteiger partial charge in [-0.1, -0.05) is 0 Å². The second-order valence-corrected chi connectivity index (χ2v) is 4.97. The zero-order valence-corrected chi connectivity index (χ0v) is 13.6. The average molecular weight is 344 g/mol. The number of benzene rings is 2. The molecular formula is C17H16N2O6. The number of anilines is 1. The summed E-state index contributed by atoms with van der Waals surface area (Å²) >= 11 is 0. The number of hydrogen-bond acceptors (Lipinski definition) is 7. The second kappa shape index (κ2) is 7.91. The topological polar surface area (TPSA) is 108 Å². The molecule has 0 spiro atoms. The first-order chi connectivity index (χ1) is 12.0. The third-order valence-electron chi connectivity index (χ3n) is 3.45. The second-order valence-electron chi connectivity index (χ2n) is 4.97. The quantitative estimate of drug-likeness (QED) is 0.356. The highest BCUT2D eigenvalue weighted by atomic mass is 16.6. The van der Waals surface area contributed by atoms with Gasteiger partial charge < -0.3 is 14.8 Å². The lowest BCUT2D eigenvalue weighted by molar-refractivity contribution is -0.384. The molecule has 0 aromatic heterocycles. The molecule has 0 bridgehead atoms. The van der Waals surface area contributed by atoms with Gasteiger partial charge in [-0.05, 0) is 36.4 Å². The van der Waals surface area contributed by atoms with Gasteiger partial charge >= 0.3 is 5.97 Å². The first-order valence-electron chi connectivity index (χ1n) is 7.27. The van der Waals surface area contributed by atoms with Crippen LogP contribution in [0.25, 0.3) is 0 Å². The highest BCUT2D eigenvalue weighted by molar-refractivity contribution is 5.99. The van der Waals surface area contributed by atoms with Crippen LogP contribution in [0.1, 0.15) is 20.7 Å². The largest absolute Gasteiger partial charge is 0.497 e. The number of nitro benzene ring substituents is 1. The molecule has 0 radical (unpaired) electrons. The molecule has 0 amide bonds. The van der Waals surface area contributed by atoms with Gasteiger partial charge in [0.1, 0.15) is 11.4 Å². The number of ketones is 1. The maximum Gasteiger partial charge on any atom is 0.338 e. The van der Waals surface area contributed by atoms with Crippen molar-refractivity contribution in [1.82, 2.24) is 0 Å². The number of nitrogens with one attached hydrogen (secondary N) is 1. The molecular weight excluding hydrogens is 328 g/mol. The number of Topliss-reactive ketones (excluding diaryl/α,β-unsaturated/α-hetero) is 1. The Morgan fingerprint density at radius 1 is 1.12 bits per heavy atom. The van der Waals surface area contributed by atoms with Gasteiger partial charge in [0.25, 0.3) is 5.69 Å². The Labute approximate surface area is 143 Å². The Kier molecular flexibility index (Phi) is 5.67. The number of hydrogen-bond donors (Lipinski definition) is 1. The van der Waals surface area contributed by atoms with Crippen LogP contribution in [-0.4, -0.2) is 37.4 Å². The molecule has 2 rings (SSSR count). The Morgan fingerprint density at radius 3 is 2.32 bits per heavy atom. The third-order valence-corrected chi connectivity index (χ3v) is 3.45. The number of esters is 1. The summed E-state index contributed by atoms with van der Waals surface area (Å²) < 4.78 is 9.94. The number of carbonyl (C=O) groups excluding carboxylic acids is 2. The Bertz CT molecular complexity index is 801. The smallest absolute Gasteiger partial charge is 0.338 e. The summed E-state index contributed by atoms with van der Waals surface area (Å²) in [5.41, 5.74) is 0.382. The maximum atomic E-state index is 12.0. The van der Waals surface area contributed by atoms with E-state index in [0.717, 1.165) is 6.07 Å². The fourth-order valence-corrected chi connectivity index (χ4v) is 2.10. The van der Waals surface area contributed by atoms with E-state index < -0.39 is 23.3 Å². The predicted molar refractivity (Wildman–Crippen MR) is 90.3 cm³/mol. The molecule has 0 heterocycles. The molecule has 130 valence electrons. The molecule has 0 saturated heterocycles. The van der Waals surface area contributed by atoms with Gasteiger partial charge in [0.15, 0.2) is 12.4 Å². The number of nitrogens with zero attached hydrogens (tertiary/aromatic N) is 1. The van der Waals surface area contributed by atoms with Gasteiger partial charge in [-0.25, -0.2) is 4.79 Å². The SMILES string of the molecule is CNc1ccc(C(=O)OCC(=O)c2ccc(OC)cc2)cc1[N+](=O)[O-]. The summed E-state index contributed by atoms with van der Waals surface area (Å²) in [7, 11) is 3.05. The molecule has 0 aliphatic rings. The lowest BCUT2D eigenvalue weighted by atomic mass is 10.1. The standard InChI is InChI=1S/C17H16N2O6/c1-18-14-8-5-12(9-15(14)19(22)23)17(21)25-10-16(20)11-3-6-13(24-2)7-4-11/h3-9,18H,10H2,1-2H3. The van der Waals surface area contributed by atoms with Crippen LogP contribution in [0.5, 0.6) is 5.75 Å². The van der Waals surface area contributed by atoms with Crippen LogP contribution in [0.4, 0.5) is 11.4 Å². The van der Waals surface area contributed by atoms with Gasteiger partial charge in [0, 0.05) is 18.7 Å². The maximum absolute atomic E-state index is 12.0.